The van der Waals surface area contributed by atoms with Crippen LogP contribution in [0, 0.1) is 0 Å². The lowest BCUT2D eigenvalue weighted by Gasteiger charge is -2.07. The van der Waals surface area contributed by atoms with E-state index in [0.717, 1.165) is 5.56 Å². The largest absolute Gasteiger partial charge is 0.382 e. The molecule has 1 aromatic carbocycles. The number of rotatable bonds is 9. The Balaban J connectivity index is 2.27. The standard InChI is InChI=1S/C17H25N3O3S/c1-4-23-12-8-11-18-24(21,22)16-13-20(14(2)3)19-17(16)15-9-6-5-7-10-15/h5-7,9-10,13-14,18H,4,8,11-12H2,1-3H3. The number of hydrogen-bond acceptors (Lipinski definition) is 4. The Morgan fingerprint density at radius 1 is 1.25 bits per heavy atom. The molecule has 2 rings (SSSR count). The van der Waals surface area contributed by atoms with Gasteiger partial charge in [0.25, 0.3) is 0 Å². The highest BCUT2D eigenvalue weighted by Gasteiger charge is 2.23. The number of benzene rings is 1. The Kier molecular flexibility index (Phi) is 6.53. The van der Waals surface area contributed by atoms with Crippen LogP contribution in [0.25, 0.3) is 11.3 Å². The van der Waals surface area contributed by atoms with Gasteiger partial charge in [-0.15, -0.1) is 0 Å². The molecule has 0 radical (unpaired) electrons. The highest BCUT2D eigenvalue weighted by molar-refractivity contribution is 7.89. The summed E-state index contributed by atoms with van der Waals surface area (Å²) in [6.07, 6.45) is 2.23. The van der Waals surface area contributed by atoms with E-state index in [-0.39, 0.29) is 10.9 Å². The van der Waals surface area contributed by atoms with Crippen LogP contribution in [0.5, 0.6) is 0 Å². The molecule has 7 heteroatoms. The highest BCUT2D eigenvalue weighted by Crippen LogP contribution is 2.26. The van der Waals surface area contributed by atoms with Crippen LogP contribution in [-0.2, 0) is 14.8 Å². The number of ether oxygens (including phenoxy) is 1. The molecule has 0 aliphatic rings. The monoisotopic (exact) mass is 351 g/mol. The van der Waals surface area contributed by atoms with Crippen molar-refractivity contribution in [2.45, 2.75) is 38.1 Å². The summed E-state index contributed by atoms with van der Waals surface area (Å²) >= 11 is 0. The molecule has 1 N–H and O–H groups in total. The summed E-state index contributed by atoms with van der Waals surface area (Å²) in [7, 11) is -3.63. The van der Waals surface area contributed by atoms with Crippen molar-refractivity contribution in [1.82, 2.24) is 14.5 Å². The molecule has 0 saturated carbocycles. The fraction of sp³-hybridized carbons (Fsp3) is 0.471. The van der Waals surface area contributed by atoms with E-state index >= 15 is 0 Å². The number of aromatic nitrogens is 2. The lowest BCUT2D eigenvalue weighted by atomic mass is 10.2. The van der Waals surface area contributed by atoms with Crippen LogP contribution in [0.1, 0.15) is 33.2 Å². The number of hydrogen-bond donors (Lipinski definition) is 1. The molecule has 0 aliphatic carbocycles. The van der Waals surface area contributed by atoms with E-state index in [9.17, 15) is 8.42 Å². The molecule has 0 aliphatic heterocycles. The van der Waals surface area contributed by atoms with E-state index in [0.29, 0.717) is 31.9 Å². The lowest BCUT2D eigenvalue weighted by Crippen LogP contribution is -2.25. The van der Waals surface area contributed by atoms with Gasteiger partial charge in [-0.25, -0.2) is 13.1 Å². The normalized spacial score (nSPS) is 12.0. The maximum Gasteiger partial charge on any atom is 0.244 e. The summed E-state index contributed by atoms with van der Waals surface area (Å²) in [5, 5.41) is 4.48. The van der Waals surface area contributed by atoms with Crippen molar-refractivity contribution in [3.63, 3.8) is 0 Å². The van der Waals surface area contributed by atoms with Crippen LogP contribution in [0.15, 0.2) is 41.4 Å². The molecule has 132 valence electrons. The zero-order valence-corrected chi connectivity index (χ0v) is 15.2. The Bertz CT molecular complexity index is 740. The van der Waals surface area contributed by atoms with Crippen molar-refractivity contribution < 1.29 is 13.2 Å². The van der Waals surface area contributed by atoms with Crippen LogP contribution in [0.4, 0.5) is 0 Å². The second kappa shape index (κ2) is 8.41. The predicted molar refractivity (Wildman–Crippen MR) is 94.3 cm³/mol. The summed E-state index contributed by atoms with van der Waals surface area (Å²) in [4.78, 5) is 0.207. The summed E-state index contributed by atoms with van der Waals surface area (Å²) in [6, 6.07) is 9.44. The van der Waals surface area contributed by atoms with E-state index < -0.39 is 10.0 Å². The van der Waals surface area contributed by atoms with Crippen molar-refractivity contribution in [2.75, 3.05) is 19.8 Å². The summed E-state index contributed by atoms with van der Waals surface area (Å²) < 4.78 is 34.9. The molecule has 2 aromatic rings. The van der Waals surface area contributed by atoms with Crippen molar-refractivity contribution >= 4 is 10.0 Å². The molecule has 1 aromatic heterocycles. The van der Waals surface area contributed by atoms with Crippen molar-refractivity contribution in [2.24, 2.45) is 0 Å². The van der Waals surface area contributed by atoms with Gasteiger partial charge in [-0.2, -0.15) is 5.10 Å². The van der Waals surface area contributed by atoms with Gasteiger partial charge in [-0.3, -0.25) is 4.68 Å². The third kappa shape index (κ3) is 4.66. The molecule has 24 heavy (non-hydrogen) atoms. The van der Waals surface area contributed by atoms with E-state index in [4.69, 9.17) is 4.74 Å². The second-order valence-corrected chi connectivity index (χ2v) is 7.47. The minimum Gasteiger partial charge on any atom is -0.382 e. The minimum atomic E-state index is -3.63. The van der Waals surface area contributed by atoms with Gasteiger partial charge >= 0.3 is 0 Å². The van der Waals surface area contributed by atoms with Gasteiger partial charge in [0.05, 0.1) is 0 Å². The molecular weight excluding hydrogens is 326 g/mol. The second-order valence-electron chi connectivity index (χ2n) is 5.73. The molecule has 0 fully saturated rings. The highest BCUT2D eigenvalue weighted by atomic mass is 32.2. The maximum absolute atomic E-state index is 12.7. The van der Waals surface area contributed by atoms with Gasteiger partial charge < -0.3 is 4.74 Å². The Hall–Kier alpha value is -1.70. The first-order valence-electron chi connectivity index (χ1n) is 8.17. The zero-order valence-electron chi connectivity index (χ0n) is 14.4. The minimum absolute atomic E-state index is 0.0781. The average Bonchev–Trinajstić information content (AvgIpc) is 3.02. The van der Waals surface area contributed by atoms with Gasteiger partial charge in [0.15, 0.2) is 0 Å². The third-order valence-corrected chi connectivity index (χ3v) is 4.99. The van der Waals surface area contributed by atoms with Gasteiger partial charge in [-0.05, 0) is 27.2 Å². The maximum atomic E-state index is 12.7. The molecule has 0 saturated heterocycles. The van der Waals surface area contributed by atoms with E-state index in [2.05, 4.69) is 9.82 Å². The van der Waals surface area contributed by atoms with Crippen LogP contribution >= 0.6 is 0 Å². The zero-order chi connectivity index (χ0) is 17.6. The molecule has 6 nitrogen and oxygen atoms in total. The summed E-state index contributed by atoms with van der Waals surface area (Å²) in [5.41, 5.74) is 1.26. The Labute approximate surface area is 143 Å². The predicted octanol–water partition coefficient (Wildman–Crippen LogP) is 2.84. The number of nitrogens with zero attached hydrogens (tertiary/aromatic N) is 2. The van der Waals surface area contributed by atoms with E-state index in [1.165, 1.54) is 0 Å². The van der Waals surface area contributed by atoms with Crippen LogP contribution in [0.3, 0.4) is 0 Å². The van der Waals surface area contributed by atoms with Gasteiger partial charge in [-0.1, -0.05) is 30.3 Å². The topological polar surface area (TPSA) is 73.2 Å². The van der Waals surface area contributed by atoms with Crippen LogP contribution in [-0.4, -0.2) is 38.0 Å². The van der Waals surface area contributed by atoms with Crippen LogP contribution < -0.4 is 4.72 Å². The Morgan fingerprint density at radius 2 is 1.96 bits per heavy atom. The Morgan fingerprint density at radius 3 is 2.58 bits per heavy atom. The summed E-state index contributed by atoms with van der Waals surface area (Å²) in [5.74, 6) is 0. The van der Waals surface area contributed by atoms with E-state index in [1.54, 1.807) is 10.9 Å². The first kappa shape index (κ1) is 18.6. The van der Waals surface area contributed by atoms with Crippen molar-refractivity contribution in [3.8, 4) is 11.3 Å². The number of nitrogens with one attached hydrogen (secondary N) is 1. The molecule has 1 heterocycles. The summed E-state index contributed by atoms with van der Waals surface area (Å²) in [6.45, 7) is 7.35. The average molecular weight is 351 g/mol. The molecule has 0 bridgehead atoms. The molecule has 0 atom stereocenters. The first-order chi connectivity index (χ1) is 11.5. The third-order valence-electron chi connectivity index (χ3n) is 3.53. The quantitative estimate of drug-likeness (QED) is 0.705. The first-order valence-corrected chi connectivity index (χ1v) is 9.66. The molecule has 0 amide bonds. The fourth-order valence-electron chi connectivity index (χ4n) is 2.23. The SMILES string of the molecule is CCOCCCNS(=O)(=O)c1cn(C(C)C)nc1-c1ccccc1. The molecular formula is C17H25N3O3S. The van der Waals surface area contributed by atoms with Crippen LogP contribution in [0.2, 0.25) is 0 Å². The van der Waals surface area contributed by atoms with Gasteiger partial charge in [0, 0.05) is 37.6 Å². The van der Waals surface area contributed by atoms with Crippen molar-refractivity contribution in [3.05, 3.63) is 36.5 Å². The molecule has 0 unspecified atom stereocenters. The molecule has 0 spiro atoms. The van der Waals surface area contributed by atoms with Crippen molar-refractivity contribution in [1.29, 1.82) is 0 Å². The smallest absolute Gasteiger partial charge is 0.244 e. The van der Waals surface area contributed by atoms with Gasteiger partial charge in [0.2, 0.25) is 10.0 Å². The lowest BCUT2D eigenvalue weighted by molar-refractivity contribution is 0.146. The van der Waals surface area contributed by atoms with E-state index in [1.807, 2.05) is 51.1 Å². The number of sulfonamides is 1. The van der Waals surface area contributed by atoms with Gasteiger partial charge in [0.1, 0.15) is 10.6 Å². The fourth-order valence-corrected chi connectivity index (χ4v) is 3.46.